The molecule has 70 valence electrons. The zero-order chi connectivity index (χ0) is 9.26. The maximum absolute atomic E-state index is 13.2. The summed E-state index contributed by atoms with van der Waals surface area (Å²) in [4.78, 5) is 0. The van der Waals surface area contributed by atoms with Gasteiger partial charge in [0.25, 0.3) is 0 Å². The van der Waals surface area contributed by atoms with Crippen molar-refractivity contribution >= 4 is 11.6 Å². The molecule has 0 radical (unpaired) electrons. The Morgan fingerprint density at radius 1 is 1.38 bits per heavy atom. The van der Waals surface area contributed by atoms with Gasteiger partial charge in [0.1, 0.15) is 5.82 Å². The van der Waals surface area contributed by atoms with Crippen molar-refractivity contribution in [3.05, 3.63) is 35.6 Å². The summed E-state index contributed by atoms with van der Waals surface area (Å²) in [5, 5.41) is -0.145. The maximum atomic E-state index is 13.2. The fourth-order valence-corrected chi connectivity index (χ4v) is 1.93. The van der Waals surface area contributed by atoms with Crippen molar-refractivity contribution in [1.29, 1.82) is 0 Å². The molecule has 1 unspecified atom stereocenters. The van der Waals surface area contributed by atoms with E-state index in [2.05, 4.69) is 0 Å². The van der Waals surface area contributed by atoms with Crippen LogP contribution in [0.3, 0.4) is 0 Å². The second-order valence-corrected chi connectivity index (χ2v) is 4.19. The number of hydrogen-bond donors (Lipinski definition) is 0. The first kappa shape index (κ1) is 9.01. The van der Waals surface area contributed by atoms with Crippen LogP contribution >= 0.6 is 11.6 Å². The summed E-state index contributed by atoms with van der Waals surface area (Å²) < 4.78 is 13.2. The monoisotopic (exact) mass is 198 g/mol. The molecule has 1 aliphatic rings. The molecule has 2 heteroatoms. The molecular formula is C11H12ClF. The van der Waals surface area contributed by atoms with Crippen LogP contribution in [0.2, 0.25) is 0 Å². The normalized spacial score (nSPS) is 18.6. The van der Waals surface area contributed by atoms with E-state index in [4.69, 9.17) is 11.6 Å². The molecule has 0 saturated heterocycles. The fraction of sp³-hybridized carbons (Fsp3) is 0.455. The highest BCUT2D eigenvalue weighted by atomic mass is 35.5. The minimum absolute atomic E-state index is 0.145. The molecule has 1 aromatic carbocycles. The summed E-state index contributed by atoms with van der Waals surface area (Å²) in [6.45, 7) is 0. The summed E-state index contributed by atoms with van der Waals surface area (Å²) in [5.74, 6) is 0.560. The van der Waals surface area contributed by atoms with E-state index in [1.54, 1.807) is 12.1 Å². The van der Waals surface area contributed by atoms with Crippen LogP contribution in [0.1, 0.15) is 30.2 Å². The molecule has 0 nitrogen and oxygen atoms in total. The molecule has 0 N–H and O–H groups in total. The van der Waals surface area contributed by atoms with Gasteiger partial charge in [0.15, 0.2) is 0 Å². The molecule has 1 atom stereocenters. The predicted molar refractivity (Wildman–Crippen MR) is 52.3 cm³/mol. The lowest BCUT2D eigenvalue weighted by molar-refractivity contribution is 0.592. The van der Waals surface area contributed by atoms with Crippen LogP contribution in [0.5, 0.6) is 0 Å². The van der Waals surface area contributed by atoms with Gasteiger partial charge < -0.3 is 0 Å². The zero-order valence-electron chi connectivity index (χ0n) is 7.34. The molecule has 0 amide bonds. The van der Waals surface area contributed by atoms with Crippen molar-refractivity contribution in [2.24, 2.45) is 5.92 Å². The Kier molecular flexibility index (Phi) is 2.54. The van der Waals surface area contributed by atoms with Crippen LogP contribution in [0.15, 0.2) is 24.3 Å². The number of hydrogen-bond acceptors (Lipinski definition) is 0. The molecule has 1 aromatic rings. The summed E-state index contributed by atoms with van der Waals surface area (Å²) in [5.41, 5.74) is 0.649. The SMILES string of the molecule is Fc1ccccc1C(Cl)CC1CC1. The van der Waals surface area contributed by atoms with E-state index >= 15 is 0 Å². The Labute approximate surface area is 82.7 Å². The summed E-state index contributed by atoms with van der Waals surface area (Å²) in [7, 11) is 0. The lowest BCUT2D eigenvalue weighted by Crippen LogP contribution is -1.95. The van der Waals surface area contributed by atoms with E-state index in [9.17, 15) is 4.39 Å². The first-order valence-electron chi connectivity index (χ1n) is 4.66. The molecule has 2 rings (SSSR count). The van der Waals surface area contributed by atoms with Gasteiger partial charge in [-0.2, -0.15) is 0 Å². The highest BCUT2D eigenvalue weighted by Crippen LogP contribution is 2.40. The first-order chi connectivity index (χ1) is 6.27. The molecule has 1 aliphatic carbocycles. The van der Waals surface area contributed by atoms with Gasteiger partial charge in [-0.15, -0.1) is 11.6 Å². The summed E-state index contributed by atoms with van der Waals surface area (Å²) >= 11 is 6.11. The molecule has 1 saturated carbocycles. The first-order valence-corrected chi connectivity index (χ1v) is 5.09. The Balaban J connectivity index is 2.09. The molecule has 0 aromatic heterocycles. The molecule has 0 aliphatic heterocycles. The minimum atomic E-state index is -0.178. The quantitative estimate of drug-likeness (QED) is 0.647. The van der Waals surface area contributed by atoms with Gasteiger partial charge in [0.05, 0.1) is 5.38 Å². The van der Waals surface area contributed by atoms with Crippen molar-refractivity contribution < 1.29 is 4.39 Å². The summed E-state index contributed by atoms with van der Waals surface area (Å²) in [6, 6.07) is 6.77. The average Bonchev–Trinajstić information content (AvgIpc) is 2.89. The second-order valence-electron chi connectivity index (χ2n) is 3.67. The lowest BCUT2D eigenvalue weighted by Gasteiger charge is -2.09. The van der Waals surface area contributed by atoms with Gasteiger partial charge in [-0.05, 0) is 18.4 Å². The standard InChI is InChI=1S/C11H12ClF/c12-10(7-8-5-6-8)9-3-1-2-4-11(9)13/h1-4,8,10H,5-7H2. The maximum Gasteiger partial charge on any atom is 0.127 e. The van der Waals surface area contributed by atoms with Crippen LogP contribution in [0, 0.1) is 11.7 Å². The van der Waals surface area contributed by atoms with Gasteiger partial charge in [-0.1, -0.05) is 31.0 Å². The Morgan fingerprint density at radius 3 is 2.69 bits per heavy atom. The van der Waals surface area contributed by atoms with Gasteiger partial charge in [-0.25, -0.2) is 4.39 Å². The number of alkyl halides is 1. The van der Waals surface area contributed by atoms with Crippen molar-refractivity contribution in [3.63, 3.8) is 0 Å². The van der Waals surface area contributed by atoms with Crippen LogP contribution < -0.4 is 0 Å². The second kappa shape index (κ2) is 3.67. The Bertz CT molecular complexity index is 294. The average molecular weight is 199 g/mol. The van der Waals surface area contributed by atoms with Crippen molar-refractivity contribution in [2.75, 3.05) is 0 Å². The molecular weight excluding hydrogens is 187 g/mol. The largest absolute Gasteiger partial charge is 0.207 e. The van der Waals surface area contributed by atoms with Crippen molar-refractivity contribution in [3.8, 4) is 0 Å². The molecule has 13 heavy (non-hydrogen) atoms. The lowest BCUT2D eigenvalue weighted by atomic mass is 10.1. The van der Waals surface area contributed by atoms with Crippen molar-refractivity contribution in [2.45, 2.75) is 24.6 Å². The molecule has 0 heterocycles. The van der Waals surface area contributed by atoms with Crippen LogP contribution in [-0.2, 0) is 0 Å². The van der Waals surface area contributed by atoms with Crippen LogP contribution in [0.25, 0.3) is 0 Å². The number of halogens is 2. The Hall–Kier alpha value is -0.560. The van der Waals surface area contributed by atoms with Crippen LogP contribution in [-0.4, -0.2) is 0 Å². The van der Waals surface area contributed by atoms with Crippen LogP contribution in [0.4, 0.5) is 4.39 Å². The molecule has 0 spiro atoms. The van der Waals surface area contributed by atoms with E-state index in [1.807, 2.05) is 6.07 Å². The zero-order valence-corrected chi connectivity index (χ0v) is 8.10. The third-order valence-electron chi connectivity index (χ3n) is 2.48. The van der Waals surface area contributed by atoms with Gasteiger partial charge >= 0.3 is 0 Å². The minimum Gasteiger partial charge on any atom is -0.207 e. The molecule has 1 fully saturated rings. The highest BCUT2D eigenvalue weighted by Gasteiger charge is 2.26. The predicted octanol–water partition coefficient (Wildman–Crippen LogP) is 3.91. The van der Waals surface area contributed by atoms with Gasteiger partial charge in [0.2, 0.25) is 0 Å². The van der Waals surface area contributed by atoms with E-state index in [-0.39, 0.29) is 11.2 Å². The highest BCUT2D eigenvalue weighted by molar-refractivity contribution is 6.20. The fourth-order valence-electron chi connectivity index (χ4n) is 1.50. The Morgan fingerprint density at radius 2 is 2.08 bits per heavy atom. The summed E-state index contributed by atoms with van der Waals surface area (Å²) in [6.07, 6.45) is 3.44. The third-order valence-corrected chi connectivity index (χ3v) is 2.89. The smallest absolute Gasteiger partial charge is 0.127 e. The van der Waals surface area contributed by atoms with E-state index in [0.717, 1.165) is 12.3 Å². The van der Waals surface area contributed by atoms with E-state index in [1.165, 1.54) is 18.9 Å². The number of rotatable bonds is 3. The van der Waals surface area contributed by atoms with E-state index < -0.39 is 0 Å². The number of benzene rings is 1. The van der Waals surface area contributed by atoms with Gasteiger partial charge in [0, 0.05) is 5.56 Å². The molecule has 0 bridgehead atoms. The van der Waals surface area contributed by atoms with Gasteiger partial charge in [-0.3, -0.25) is 0 Å². The third kappa shape index (κ3) is 2.22. The van der Waals surface area contributed by atoms with Crippen molar-refractivity contribution in [1.82, 2.24) is 0 Å². The topological polar surface area (TPSA) is 0 Å². The van der Waals surface area contributed by atoms with E-state index in [0.29, 0.717) is 5.56 Å².